The predicted octanol–water partition coefficient (Wildman–Crippen LogP) is 3.83. The van der Waals surface area contributed by atoms with E-state index in [9.17, 15) is 4.79 Å². The largest absolute Gasteiger partial charge is 0.481 e. The first kappa shape index (κ1) is 18.6. The summed E-state index contributed by atoms with van der Waals surface area (Å²) in [6, 6.07) is 16.6. The van der Waals surface area contributed by atoms with Crippen molar-refractivity contribution in [1.82, 2.24) is 9.88 Å². The van der Waals surface area contributed by atoms with Crippen molar-refractivity contribution in [2.45, 2.75) is 33.0 Å². The number of ether oxygens (including phenoxy) is 1. The first-order valence-corrected chi connectivity index (χ1v) is 10.1. The van der Waals surface area contributed by atoms with E-state index in [1.54, 1.807) is 13.3 Å². The highest BCUT2D eigenvalue weighted by atomic mass is 16.5. The SMILES string of the molecule is COc1ccc(C2=NCc3cc4c(cc32)CN(Cc2ccc(C)cc2)C(=O)C4)cn1. The Bertz CT molecular complexity index is 1150. The van der Waals surface area contributed by atoms with Gasteiger partial charge in [0, 0.05) is 36.5 Å². The van der Waals surface area contributed by atoms with Gasteiger partial charge in [-0.1, -0.05) is 35.9 Å². The summed E-state index contributed by atoms with van der Waals surface area (Å²) in [5.41, 5.74) is 8.99. The summed E-state index contributed by atoms with van der Waals surface area (Å²) in [6.45, 7) is 3.98. The summed E-state index contributed by atoms with van der Waals surface area (Å²) >= 11 is 0. The molecule has 0 N–H and O–H groups in total. The van der Waals surface area contributed by atoms with Crippen molar-refractivity contribution in [2.75, 3.05) is 7.11 Å². The Labute approximate surface area is 176 Å². The molecule has 2 aliphatic rings. The second-order valence-electron chi connectivity index (χ2n) is 7.94. The van der Waals surface area contributed by atoms with Crippen LogP contribution in [0.25, 0.3) is 0 Å². The van der Waals surface area contributed by atoms with Crippen LogP contribution in [0, 0.1) is 6.92 Å². The Morgan fingerprint density at radius 2 is 1.87 bits per heavy atom. The van der Waals surface area contributed by atoms with Crippen molar-refractivity contribution in [1.29, 1.82) is 0 Å². The van der Waals surface area contributed by atoms with Gasteiger partial charge in [0.05, 0.1) is 25.8 Å². The van der Waals surface area contributed by atoms with Gasteiger partial charge in [-0.25, -0.2) is 4.98 Å². The lowest BCUT2D eigenvalue weighted by Gasteiger charge is -2.29. The zero-order valence-electron chi connectivity index (χ0n) is 17.2. The van der Waals surface area contributed by atoms with Gasteiger partial charge in [0.25, 0.3) is 0 Å². The Balaban J connectivity index is 1.42. The van der Waals surface area contributed by atoms with Crippen molar-refractivity contribution in [3.05, 3.63) is 93.7 Å². The molecule has 3 heterocycles. The second-order valence-corrected chi connectivity index (χ2v) is 7.94. The van der Waals surface area contributed by atoms with Gasteiger partial charge in [0.2, 0.25) is 11.8 Å². The highest BCUT2D eigenvalue weighted by Gasteiger charge is 2.27. The van der Waals surface area contributed by atoms with E-state index in [1.165, 1.54) is 16.7 Å². The van der Waals surface area contributed by atoms with Crippen LogP contribution < -0.4 is 4.74 Å². The zero-order valence-corrected chi connectivity index (χ0v) is 17.2. The fourth-order valence-corrected chi connectivity index (χ4v) is 4.17. The number of carbonyl (C=O) groups is 1. The van der Waals surface area contributed by atoms with Crippen molar-refractivity contribution >= 4 is 11.6 Å². The van der Waals surface area contributed by atoms with Gasteiger partial charge in [-0.3, -0.25) is 9.79 Å². The quantitative estimate of drug-likeness (QED) is 0.672. The van der Waals surface area contributed by atoms with E-state index in [0.717, 1.165) is 28.0 Å². The number of aliphatic imine (C=N–C) groups is 1. The molecule has 0 atom stereocenters. The Hall–Kier alpha value is -3.47. The summed E-state index contributed by atoms with van der Waals surface area (Å²) in [4.78, 5) is 23.8. The van der Waals surface area contributed by atoms with Gasteiger partial charge in [-0.15, -0.1) is 0 Å². The minimum absolute atomic E-state index is 0.182. The molecule has 0 fully saturated rings. The van der Waals surface area contributed by atoms with Gasteiger partial charge >= 0.3 is 0 Å². The summed E-state index contributed by atoms with van der Waals surface area (Å²) in [6.07, 6.45) is 2.26. The number of rotatable bonds is 4. The summed E-state index contributed by atoms with van der Waals surface area (Å²) in [7, 11) is 1.61. The van der Waals surface area contributed by atoms with Crippen LogP contribution in [0.3, 0.4) is 0 Å². The molecule has 5 rings (SSSR count). The van der Waals surface area contributed by atoms with Crippen LogP contribution in [0.15, 0.2) is 59.7 Å². The molecule has 30 heavy (non-hydrogen) atoms. The van der Waals surface area contributed by atoms with Crippen LogP contribution in [0.1, 0.15) is 38.9 Å². The predicted molar refractivity (Wildman–Crippen MR) is 116 cm³/mol. The molecule has 2 aromatic carbocycles. The average molecular weight is 397 g/mol. The fraction of sp³-hybridized carbons (Fsp3) is 0.240. The number of hydrogen-bond acceptors (Lipinski definition) is 4. The Kier molecular flexibility index (Phi) is 4.58. The lowest BCUT2D eigenvalue weighted by atomic mass is 9.91. The standard InChI is InChI=1S/C25H23N3O2/c1-16-3-5-17(6-4-16)14-28-15-21-10-22-20(9-19(21)11-24(28)29)13-27-25(22)18-7-8-23(30-2)26-12-18/h3-10,12H,11,13-15H2,1-2H3. The summed E-state index contributed by atoms with van der Waals surface area (Å²) in [5, 5.41) is 0. The molecule has 0 radical (unpaired) electrons. The van der Waals surface area contributed by atoms with Crippen molar-refractivity contribution in [2.24, 2.45) is 4.99 Å². The fourth-order valence-electron chi connectivity index (χ4n) is 4.17. The number of carbonyl (C=O) groups excluding carboxylic acids is 1. The number of amides is 1. The Morgan fingerprint density at radius 3 is 2.60 bits per heavy atom. The van der Waals surface area contributed by atoms with Crippen molar-refractivity contribution in [3.8, 4) is 5.88 Å². The molecule has 0 unspecified atom stereocenters. The van der Waals surface area contributed by atoms with E-state index in [-0.39, 0.29) is 5.91 Å². The molecule has 1 amide bonds. The first-order chi connectivity index (χ1) is 14.6. The number of pyridine rings is 1. The summed E-state index contributed by atoms with van der Waals surface area (Å²) in [5.74, 6) is 0.773. The molecule has 5 nitrogen and oxygen atoms in total. The van der Waals surface area contributed by atoms with E-state index in [1.807, 2.05) is 17.0 Å². The molecule has 3 aromatic rings. The van der Waals surface area contributed by atoms with Crippen LogP contribution in [0.5, 0.6) is 5.88 Å². The molecule has 150 valence electrons. The van der Waals surface area contributed by atoms with E-state index in [4.69, 9.17) is 9.73 Å². The van der Waals surface area contributed by atoms with E-state index < -0.39 is 0 Å². The minimum Gasteiger partial charge on any atom is -0.481 e. The van der Waals surface area contributed by atoms with Crippen molar-refractivity contribution < 1.29 is 9.53 Å². The number of methoxy groups -OCH3 is 1. The van der Waals surface area contributed by atoms with E-state index in [2.05, 4.69) is 48.3 Å². The monoisotopic (exact) mass is 397 g/mol. The van der Waals surface area contributed by atoms with Crippen LogP contribution in [0.4, 0.5) is 0 Å². The molecule has 0 spiro atoms. The zero-order chi connectivity index (χ0) is 20.7. The van der Waals surface area contributed by atoms with Crippen molar-refractivity contribution in [3.63, 3.8) is 0 Å². The smallest absolute Gasteiger partial charge is 0.227 e. The average Bonchev–Trinajstić information content (AvgIpc) is 3.17. The molecule has 0 saturated heterocycles. The molecule has 0 saturated carbocycles. The molecule has 0 aliphatic carbocycles. The maximum absolute atomic E-state index is 12.8. The number of benzene rings is 2. The topological polar surface area (TPSA) is 54.8 Å². The number of hydrogen-bond donors (Lipinski definition) is 0. The molecular weight excluding hydrogens is 374 g/mol. The van der Waals surface area contributed by atoms with Crippen LogP contribution in [0.2, 0.25) is 0 Å². The van der Waals surface area contributed by atoms with Gasteiger partial charge in [-0.05, 0) is 41.3 Å². The lowest BCUT2D eigenvalue weighted by molar-refractivity contribution is -0.132. The lowest BCUT2D eigenvalue weighted by Crippen LogP contribution is -2.35. The van der Waals surface area contributed by atoms with Crippen LogP contribution in [-0.4, -0.2) is 28.6 Å². The number of nitrogens with zero attached hydrogens (tertiary/aromatic N) is 3. The summed E-state index contributed by atoms with van der Waals surface area (Å²) < 4.78 is 5.16. The van der Waals surface area contributed by atoms with E-state index >= 15 is 0 Å². The highest BCUT2D eigenvalue weighted by molar-refractivity contribution is 6.15. The van der Waals surface area contributed by atoms with Gasteiger partial charge in [0.15, 0.2) is 0 Å². The molecule has 1 aromatic heterocycles. The number of aryl methyl sites for hydroxylation is 1. The molecule has 2 aliphatic heterocycles. The highest BCUT2D eigenvalue weighted by Crippen LogP contribution is 2.30. The maximum Gasteiger partial charge on any atom is 0.227 e. The third kappa shape index (κ3) is 3.36. The third-order valence-corrected chi connectivity index (χ3v) is 5.86. The minimum atomic E-state index is 0.182. The van der Waals surface area contributed by atoms with Crippen LogP contribution in [-0.2, 0) is 30.8 Å². The number of aromatic nitrogens is 1. The second kappa shape index (κ2) is 7.41. The van der Waals surface area contributed by atoms with E-state index in [0.29, 0.717) is 31.9 Å². The third-order valence-electron chi connectivity index (χ3n) is 5.86. The Morgan fingerprint density at radius 1 is 1.03 bits per heavy atom. The molecular formula is C25H23N3O2. The maximum atomic E-state index is 12.8. The van der Waals surface area contributed by atoms with Gasteiger partial charge in [-0.2, -0.15) is 0 Å². The normalized spacial score (nSPS) is 14.9. The molecule has 0 bridgehead atoms. The van der Waals surface area contributed by atoms with Crippen LogP contribution >= 0.6 is 0 Å². The number of fused-ring (bicyclic) bond motifs is 2. The van der Waals surface area contributed by atoms with Gasteiger partial charge < -0.3 is 9.64 Å². The van der Waals surface area contributed by atoms with Gasteiger partial charge in [0.1, 0.15) is 0 Å². The molecule has 5 heteroatoms. The first-order valence-electron chi connectivity index (χ1n) is 10.1.